The van der Waals surface area contributed by atoms with Crippen molar-refractivity contribution in [3.05, 3.63) is 29.3 Å². The van der Waals surface area contributed by atoms with Crippen molar-refractivity contribution in [1.29, 1.82) is 0 Å². The summed E-state index contributed by atoms with van der Waals surface area (Å²) in [5.41, 5.74) is 8.00. The van der Waals surface area contributed by atoms with E-state index in [1.165, 1.54) is 0 Å². The van der Waals surface area contributed by atoms with Gasteiger partial charge in [-0.3, -0.25) is 0 Å². The van der Waals surface area contributed by atoms with Gasteiger partial charge in [-0.25, -0.2) is 0 Å². The van der Waals surface area contributed by atoms with Gasteiger partial charge in [-0.2, -0.15) is 0 Å². The van der Waals surface area contributed by atoms with E-state index in [9.17, 15) is 5.11 Å². The molecule has 0 aliphatic carbocycles. The number of aliphatic hydroxyl groups is 1. The van der Waals surface area contributed by atoms with Gasteiger partial charge in [0.2, 0.25) is 0 Å². The number of nitrogens with two attached hydrogens (primary N) is 1. The molecule has 0 aliphatic rings. The van der Waals surface area contributed by atoms with Crippen LogP contribution < -0.4 is 10.5 Å². The highest BCUT2D eigenvalue weighted by atomic mass is 16.5. The Hall–Kier alpha value is -1.10. The number of aliphatic hydroxyl groups excluding tert-OH is 1. The molecule has 0 saturated carbocycles. The number of ether oxygens (including phenoxy) is 1. The first-order valence-electron chi connectivity index (χ1n) is 7.63. The molecule has 1 rings (SSSR count). The second kappa shape index (κ2) is 8.37. The van der Waals surface area contributed by atoms with E-state index in [4.69, 9.17) is 10.5 Å². The molecular formula is C17H30N2O2. The van der Waals surface area contributed by atoms with E-state index in [-0.39, 0.29) is 6.04 Å². The average Bonchev–Trinajstić information content (AvgIpc) is 2.41. The lowest BCUT2D eigenvalue weighted by molar-refractivity contribution is 0.137. The molecule has 2 atom stereocenters. The summed E-state index contributed by atoms with van der Waals surface area (Å²) < 4.78 is 5.70. The second-order valence-electron chi connectivity index (χ2n) is 6.42. The molecule has 0 heterocycles. The molecule has 0 saturated heterocycles. The molecule has 0 aliphatic heterocycles. The van der Waals surface area contributed by atoms with Crippen LogP contribution in [-0.2, 0) is 0 Å². The van der Waals surface area contributed by atoms with E-state index in [1.807, 2.05) is 39.2 Å². The van der Waals surface area contributed by atoms with Crippen molar-refractivity contribution in [2.45, 2.75) is 39.3 Å². The molecule has 0 spiro atoms. The van der Waals surface area contributed by atoms with Crippen molar-refractivity contribution in [1.82, 2.24) is 4.90 Å². The monoisotopic (exact) mass is 294 g/mol. The number of hydrogen-bond donors (Lipinski definition) is 2. The molecule has 0 amide bonds. The normalized spacial score (nSPS) is 14.5. The smallest absolute Gasteiger partial charge is 0.119 e. The fraction of sp³-hybridized carbons (Fsp3) is 0.647. The van der Waals surface area contributed by atoms with Crippen LogP contribution in [0.5, 0.6) is 5.75 Å². The van der Waals surface area contributed by atoms with Crippen LogP contribution in [0.2, 0.25) is 0 Å². The number of benzene rings is 1. The zero-order chi connectivity index (χ0) is 16.0. The fourth-order valence-corrected chi connectivity index (χ4v) is 2.13. The molecule has 1 aromatic carbocycles. The molecule has 2 unspecified atom stereocenters. The minimum absolute atomic E-state index is 0.256. The van der Waals surface area contributed by atoms with Crippen molar-refractivity contribution in [2.75, 3.05) is 27.2 Å². The number of rotatable bonds is 8. The molecule has 0 fully saturated rings. The summed E-state index contributed by atoms with van der Waals surface area (Å²) >= 11 is 0. The summed E-state index contributed by atoms with van der Waals surface area (Å²) in [6.07, 6.45) is 0.128. The quantitative estimate of drug-likeness (QED) is 0.772. The third-order valence-corrected chi connectivity index (χ3v) is 3.46. The Bertz CT molecular complexity index is 433. The van der Waals surface area contributed by atoms with Crippen molar-refractivity contribution in [2.24, 2.45) is 11.7 Å². The van der Waals surface area contributed by atoms with Gasteiger partial charge in [0.15, 0.2) is 0 Å². The van der Waals surface area contributed by atoms with Gasteiger partial charge in [0.05, 0.1) is 12.7 Å². The molecule has 0 aromatic heterocycles. The molecular weight excluding hydrogens is 264 g/mol. The highest BCUT2D eigenvalue weighted by Gasteiger charge is 2.19. The third-order valence-electron chi connectivity index (χ3n) is 3.46. The fourth-order valence-electron chi connectivity index (χ4n) is 2.13. The third kappa shape index (κ3) is 6.04. The van der Waals surface area contributed by atoms with E-state index in [1.54, 1.807) is 0 Å². The van der Waals surface area contributed by atoms with Crippen LogP contribution in [0.15, 0.2) is 18.2 Å². The molecule has 0 radical (unpaired) electrons. The van der Waals surface area contributed by atoms with Gasteiger partial charge < -0.3 is 20.5 Å². The average molecular weight is 294 g/mol. The lowest BCUT2D eigenvalue weighted by Gasteiger charge is -2.22. The van der Waals surface area contributed by atoms with Crippen LogP contribution in [0.25, 0.3) is 0 Å². The molecule has 0 bridgehead atoms. The van der Waals surface area contributed by atoms with Gasteiger partial charge in [-0.1, -0.05) is 19.9 Å². The standard InChI is InChI=1S/C17H30N2O2/c1-12(2)11-21-14-6-7-15(13(3)10-14)17(20)16(18)8-9-19(4)5/h6-7,10,12,16-17,20H,8-9,11,18H2,1-5H3. The largest absolute Gasteiger partial charge is 0.493 e. The Morgan fingerprint density at radius 3 is 2.48 bits per heavy atom. The first-order chi connectivity index (χ1) is 9.81. The topological polar surface area (TPSA) is 58.7 Å². The van der Waals surface area contributed by atoms with Gasteiger partial charge in [0, 0.05) is 6.04 Å². The van der Waals surface area contributed by atoms with Crippen molar-refractivity contribution < 1.29 is 9.84 Å². The maximum Gasteiger partial charge on any atom is 0.119 e. The van der Waals surface area contributed by atoms with Crippen LogP contribution in [0.3, 0.4) is 0 Å². The summed E-state index contributed by atoms with van der Waals surface area (Å²) in [5, 5.41) is 10.4. The van der Waals surface area contributed by atoms with Gasteiger partial charge >= 0.3 is 0 Å². The molecule has 1 aromatic rings. The maximum atomic E-state index is 10.4. The summed E-state index contributed by atoms with van der Waals surface area (Å²) in [5.74, 6) is 1.34. The lowest BCUT2D eigenvalue weighted by atomic mass is 9.96. The summed E-state index contributed by atoms with van der Waals surface area (Å²) in [6, 6.07) is 5.55. The van der Waals surface area contributed by atoms with Gasteiger partial charge in [0.1, 0.15) is 5.75 Å². The second-order valence-corrected chi connectivity index (χ2v) is 6.42. The summed E-state index contributed by atoms with van der Waals surface area (Å²) in [4.78, 5) is 2.07. The van der Waals surface area contributed by atoms with E-state index in [0.29, 0.717) is 12.5 Å². The van der Waals surface area contributed by atoms with E-state index in [2.05, 4.69) is 18.7 Å². The zero-order valence-corrected chi connectivity index (χ0v) is 14.0. The zero-order valence-electron chi connectivity index (χ0n) is 14.0. The lowest BCUT2D eigenvalue weighted by Crippen LogP contribution is -2.32. The Kier molecular flexibility index (Phi) is 7.15. The highest BCUT2D eigenvalue weighted by Crippen LogP contribution is 2.25. The van der Waals surface area contributed by atoms with Crippen molar-refractivity contribution in [3.63, 3.8) is 0 Å². The van der Waals surface area contributed by atoms with Crippen LogP contribution >= 0.6 is 0 Å². The number of aryl methyl sites for hydroxylation is 1. The molecule has 4 nitrogen and oxygen atoms in total. The van der Waals surface area contributed by atoms with E-state index in [0.717, 1.165) is 29.8 Å². The van der Waals surface area contributed by atoms with Crippen molar-refractivity contribution in [3.8, 4) is 5.75 Å². The SMILES string of the molecule is Cc1cc(OCC(C)C)ccc1C(O)C(N)CCN(C)C. The van der Waals surface area contributed by atoms with Gasteiger partial charge in [-0.15, -0.1) is 0 Å². The minimum atomic E-state index is -0.635. The molecule has 3 N–H and O–H groups in total. The number of hydrogen-bond acceptors (Lipinski definition) is 4. The Balaban J connectivity index is 2.69. The van der Waals surface area contributed by atoms with Crippen molar-refractivity contribution >= 4 is 0 Å². The van der Waals surface area contributed by atoms with Crippen LogP contribution in [0.1, 0.15) is 37.5 Å². The van der Waals surface area contributed by atoms with Crippen LogP contribution in [0.4, 0.5) is 0 Å². The minimum Gasteiger partial charge on any atom is -0.493 e. The van der Waals surface area contributed by atoms with Crippen LogP contribution in [0, 0.1) is 12.8 Å². The Morgan fingerprint density at radius 1 is 1.29 bits per heavy atom. The first kappa shape index (κ1) is 18.0. The van der Waals surface area contributed by atoms with E-state index >= 15 is 0 Å². The Morgan fingerprint density at radius 2 is 1.95 bits per heavy atom. The van der Waals surface area contributed by atoms with Gasteiger partial charge in [0.25, 0.3) is 0 Å². The predicted octanol–water partition coefficient (Wildman–Crippen LogP) is 2.34. The summed E-state index contributed by atoms with van der Waals surface area (Å²) in [6.45, 7) is 7.79. The first-order valence-corrected chi connectivity index (χ1v) is 7.63. The summed E-state index contributed by atoms with van der Waals surface area (Å²) in [7, 11) is 4.01. The van der Waals surface area contributed by atoms with Crippen LogP contribution in [-0.4, -0.2) is 43.3 Å². The maximum absolute atomic E-state index is 10.4. The van der Waals surface area contributed by atoms with E-state index < -0.39 is 6.10 Å². The molecule has 120 valence electrons. The Labute approximate surface area is 128 Å². The number of nitrogens with zero attached hydrogens (tertiary/aromatic N) is 1. The molecule has 4 heteroatoms. The van der Waals surface area contributed by atoms with Gasteiger partial charge in [-0.05, 0) is 63.2 Å². The molecule has 21 heavy (non-hydrogen) atoms. The highest BCUT2D eigenvalue weighted by molar-refractivity contribution is 5.36. The predicted molar refractivity (Wildman–Crippen MR) is 87.6 cm³/mol.